The van der Waals surface area contributed by atoms with Crippen LogP contribution in [0.2, 0.25) is 0 Å². The van der Waals surface area contributed by atoms with Gasteiger partial charge in [0.1, 0.15) is 9.84 Å². The van der Waals surface area contributed by atoms with Gasteiger partial charge in [-0.05, 0) is 32.4 Å². The van der Waals surface area contributed by atoms with Crippen LogP contribution in [0.1, 0.15) is 37.4 Å². The number of rotatable bonds is 4. The van der Waals surface area contributed by atoms with Gasteiger partial charge in [0.25, 0.3) is 0 Å². The van der Waals surface area contributed by atoms with E-state index in [9.17, 15) is 8.42 Å². The minimum Gasteiger partial charge on any atom is -0.314 e. The van der Waals surface area contributed by atoms with E-state index >= 15 is 0 Å². The first-order valence-corrected chi connectivity index (χ1v) is 8.33. The van der Waals surface area contributed by atoms with Crippen molar-refractivity contribution in [2.45, 2.75) is 43.5 Å². The summed E-state index contributed by atoms with van der Waals surface area (Å²) in [6.07, 6.45) is 6.77. The van der Waals surface area contributed by atoms with Crippen LogP contribution >= 0.6 is 0 Å². The van der Waals surface area contributed by atoms with Gasteiger partial charge in [-0.15, -0.1) is 0 Å². The van der Waals surface area contributed by atoms with Crippen molar-refractivity contribution >= 4 is 9.84 Å². The number of hydrogen-bond acceptors (Lipinski definition) is 4. The van der Waals surface area contributed by atoms with Crippen molar-refractivity contribution in [3.8, 4) is 0 Å². The van der Waals surface area contributed by atoms with Crippen molar-refractivity contribution in [2.75, 3.05) is 13.3 Å². The van der Waals surface area contributed by atoms with Crippen LogP contribution in [0, 0.1) is 0 Å². The lowest BCUT2D eigenvalue weighted by Crippen LogP contribution is -2.29. The zero-order valence-corrected chi connectivity index (χ0v) is 11.8. The van der Waals surface area contributed by atoms with Crippen molar-refractivity contribution in [1.29, 1.82) is 0 Å². The molecule has 0 radical (unpaired) electrons. The van der Waals surface area contributed by atoms with E-state index in [1.54, 1.807) is 0 Å². The third-order valence-electron chi connectivity index (χ3n) is 3.60. The lowest BCUT2D eigenvalue weighted by molar-refractivity contribution is 0.328. The van der Waals surface area contributed by atoms with Gasteiger partial charge in [0, 0.05) is 19.0 Å². The Morgan fingerprint density at radius 1 is 1.50 bits per heavy atom. The Morgan fingerprint density at radius 2 is 2.28 bits per heavy atom. The fourth-order valence-corrected chi connectivity index (χ4v) is 3.77. The molecule has 1 aliphatic carbocycles. The Bertz CT molecular complexity index is 495. The lowest BCUT2D eigenvalue weighted by atomic mass is 9.95. The summed E-state index contributed by atoms with van der Waals surface area (Å²) in [6, 6.07) is 2.21. The summed E-state index contributed by atoms with van der Waals surface area (Å²) in [4.78, 5) is 0. The first-order chi connectivity index (χ1) is 8.50. The van der Waals surface area contributed by atoms with Crippen LogP contribution < -0.4 is 5.32 Å². The summed E-state index contributed by atoms with van der Waals surface area (Å²) in [5.74, 6) is 0. The maximum Gasteiger partial charge on any atom is 0.150 e. The fraction of sp³-hybridized carbons (Fsp3) is 0.750. The summed E-state index contributed by atoms with van der Waals surface area (Å²) in [6.45, 7) is 0.745. The van der Waals surface area contributed by atoms with Gasteiger partial charge in [0.2, 0.25) is 0 Å². The SMILES string of the molecule is CNCc1ccn(C2CCCC(S(C)(=O)=O)C2)n1. The van der Waals surface area contributed by atoms with Gasteiger partial charge in [-0.25, -0.2) is 8.42 Å². The van der Waals surface area contributed by atoms with E-state index in [1.807, 2.05) is 24.0 Å². The third kappa shape index (κ3) is 3.11. The standard InChI is InChI=1S/C12H21N3O2S/c1-13-9-10-6-7-15(14-10)11-4-3-5-12(8-11)18(2,16)17/h6-7,11-13H,3-5,8-9H2,1-2H3. The van der Waals surface area contributed by atoms with E-state index in [0.29, 0.717) is 6.42 Å². The summed E-state index contributed by atoms with van der Waals surface area (Å²) >= 11 is 0. The predicted octanol–water partition coefficient (Wildman–Crippen LogP) is 1.13. The Morgan fingerprint density at radius 3 is 2.94 bits per heavy atom. The summed E-state index contributed by atoms with van der Waals surface area (Å²) in [7, 11) is -1.04. The van der Waals surface area contributed by atoms with Crippen molar-refractivity contribution in [3.63, 3.8) is 0 Å². The van der Waals surface area contributed by atoms with Crippen LogP contribution in [0.25, 0.3) is 0 Å². The van der Waals surface area contributed by atoms with Gasteiger partial charge in [-0.2, -0.15) is 5.10 Å². The minimum absolute atomic E-state index is 0.201. The number of nitrogens with one attached hydrogen (secondary N) is 1. The molecule has 0 aromatic carbocycles. The van der Waals surface area contributed by atoms with E-state index in [0.717, 1.165) is 31.5 Å². The largest absolute Gasteiger partial charge is 0.314 e. The second-order valence-corrected chi connectivity index (χ2v) is 7.42. The molecule has 18 heavy (non-hydrogen) atoms. The van der Waals surface area contributed by atoms with Gasteiger partial charge >= 0.3 is 0 Å². The molecule has 0 spiro atoms. The van der Waals surface area contributed by atoms with Crippen LogP contribution in [-0.4, -0.2) is 36.8 Å². The Balaban J connectivity index is 2.08. The molecular formula is C12H21N3O2S. The monoisotopic (exact) mass is 271 g/mol. The van der Waals surface area contributed by atoms with Gasteiger partial charge in [0.05, 0.1) is 17.0 Å². The van der Waals surface area contributed by atoms with E-state index < -0.39 is 9.84 Å². The second kappa shape index (κ2) is 5.40. The normalized spacial score (nSPS) is 25.2. The van der Waals surface area contributed by atoms with E-state index in [-0.39, 0.29) is 11.3 Å². The second-order valence-electron chi connectivity index (χ2n) is 5.09. The first-order valence-electron chi connectivity index (χ1n) is 6.38. The molecule has 2 unspecified atom stereocenters. The molecule has 1 aromatic heterocycles. The van der Waals surface area contributed by atoms with Crippen molar-refractivity contribution in [3.05, 3.63) is 18.0 Å². The molecule has 0 amide bonds. The Kier molecular flexibility index (Phi) is 4.07. The van der Waals surface area contributed by atoms with Crippen LogP contribution in [0.3, 0.4) is 0 Å². The quantitative estimate of drug-likeness (QED) is 0.891. The van der Waals surface area contributed by atoms with Gasteiger partial charge in [-0.1, -0.05) is 6.42 Å². The maximum atomic E-state index is 11.6. The summed E-state index contributed by atoms with van der Waals surface area (Å²) in [5, 5.41) is 7.36. The van der Waals surface area contributed by atoms with Crippen molar-refractivity contribution in [2.24, 2.45) is 0 Å². The molecule has 6 heteroatoms. The minimum atomic E-state index is -2.92. The molecule has 1 N–H and O–H groups in total. The Labute approximate surface area is 108 Å². The van der Waals surface area contributed by atoms with Gasteiger partial charge < -0.3 is 5.32 Å². The van der Waals surface area contributed by atoms with E-state index in [4.69, 9.17) is 0 Å². The van der Waals surface area contributed by atoms with E-state index in [2.05, 4.69) is 10.4 Å². The Hall–Kier alpha value is -0.880. The average molecular weight is 271 g/mol. The molecule has 2 atom stereocenters. The fourth-order valence-electron chi connectivity index (χ4n) is 2.61. The topological polar surface area (TPSA) is 64.0 Å². The van der Waals surface area contributed by atoms with Crippen LogP contribution in [0.4, 0.5) is 0 Å². The molecule has 1 saturated carbocycles. The predicted molar refractivity (Wildman–Crippen MR) is 71.1 cm³/mol. The van der Waals surface area contributed by atoms with Crippen molar-refractivity contribution < 1.29 is 8.42 Å². The molecule has 1 fully saturated rings. The molecule has 102 valence electrons. The number of hydrogen-bond donors (Lipinski definition) is 1. The average Bonchev–Trinajstić information content (AvgIpc) is 2.77. The molecule has 5 nitrogen and oxygen atoms in total. The highest BCUT2D eigenvalue weighted by molar-refractivity contribution is 7.91. The van der Waals surface area contributed by atoms with Crippen LogP contribution in [0.5, 0.6) is 0 Å². The molecule has 0 saturated heterocycles. The number of nitrogens with zero attached hydrogens (tertiary/aromatic N) is 2. The summed E-state index contributed by atoms with van der Waals surface area (Å²) in [5.41, 5.74) is 0.999. The maximum absolute atomic E-state index is 11.6. The van der Waals surface area contributed by atoms with Gasteiger partial charge in [0.15, 0.2) is 0 Å². The molecule has 1 aliphatic rings. The van der Waals surface area contributed by atoms with Gasteiger partial charge in [-0.3, -0.25) is 4.68 Å². The molecular weight excluding hydrogens is 250 g/mol. The highest BCUT2D eigenvalue weighted by Crippen LogP contribution is 2.31. The lowest BCUT2D eigenvalue weighted by Gasteiger charge is -2.28. The van der Waals surface area contributed by atoms with Crippen molar-refractivity contribution in [1.82, 2.24) is 15.1 Å². The smallest absolute Gasteiger partial charge is 0.150 e. The zero-order valence-electron chi connectivity index (χ0n) is 11.0. The zero-order chi connectivity index (χ0) is 13.2. The highest BCUT2D eigenvalue weighted by atomic mass is 32.2. The molecule has 0 bridgehead atoms. The molecule has 0 aliphatic heterocycles. The molecule has 2 rings (SSSR count). The third-order valence-corrected chi connectivity index (χ3v) is 5.24. The molecule has 1 heterocycles. The van der Waals surface area contributed by atoms with Crippen LogP contribution in [0.15, 0.2) is 12.3 Å². The highest BCUT2D eigenvalue weighted by Gasteiger charge is 2.29. The summed E-state index contributed by atoms with van der Waals surface area (Å²) < 4.78 is 25.2. The first kappa shape index (κ1) is 13.5. The van der Waals surface area contributed by atoms with Crippen LogP contribution in [-0.2, 0) is 16.4 Å². The molecule has 1 aromatic rings. The number of aromatic nitrogens is 2. The van der Waals surface area contributed by atoms with E-state index in [1.165, 1.54) is 6.26 Å². The number of sulfone groups is 1.